The fraction of sp³-hybridized carbons (Fsp3) is 0.588. The third kappa shape index (κ3) is 4.97. The smallest absolute Gasteiger partial charge is 0.305 e. The van der Waals surface area contributed by atoms with E-state index in [1.807, 2.05) is 0 Å². The fourth-order valence-corrected chi connectivity index (χ4v) is 2.42. The summed E-state index contributed by atoms with van der Waals surface area (Å²) in [4.78, 5) is 11.1. The zero-order chi connectivity index (χ0) is 15.0. The molecule has 20 heavy (non-hydrogen) atoms. The maximum Gasteiger partial charge on any atom is 0.305 e. The summed E-state index contributed by atoms with van der Waals surface area (Å²) in [5.41, 5.74) is 10.3. The van der Waals surface area contributed by atoms with Crippen LogP contribution in [0, 0.1) is 0 Å². The summed E-state index contributed by atoms with van der Waals surface area (Å²) in [7, 11) is 1.43. The summed E-state index contributed by atoms with van der Waals surface area (Å²) in [5.74, 6) is -0.138. The number of rotatable bonds is 8. The van der Waals surface area contributed by atoms with Crippen molar-refractivity contribution in [3.8, 4) is 0 Å². The number of carbonyl (C=O) groups is 1. The van der Waals surface area contributed by atoms with Gasteiger partial charge in [0, 0.05) is 12.5 Å². The molecular formula is C17H27NO2. The van der Waals surface area contributed by atoms with Crippen LogP contribution in [0.25, 0.3) is 0 Å². The summed E-state index contributed by atoms with van der Waals surface area (Å²) in [6.45, 7) is 4.32. The fourth-order valence-electron chi connectivity index (χ4n) is 2.42. The lowest BCUT2D eigenvalue weighted by Crippen LogP contribution is -2.13. The first-order chi connectivity index (χ1) is 9.62. The quantitative estimate of drug-likeness (QED) is 0.584. The zero-order valence-electron chi connectivity index (χ0n) is 12.9. The molecule has 0 radical (unpaired) electrons. The lowest BCUT2D eigenvalue weighted by molar-refractivity contribution is -0.140. The molecule has 0 aliphatic rings. The van der Waals surface area contributed by atoms with Crippen LogP contribution in [0.1, 0.15) is 62.3 Å². The monoisotopic (exact) mass is 277 g/mol. The minimum atomic E-state index is -0.138. The molecule has 0 saturated heterocycles. The van der Waals surface area contributed by atoms with E-state index < -0.39 is 0 Å². The van der Waals surface area contributed by atoms with Crippen molar-refractivity contribution in [1.29, 1.82) is 0 Å². The highest BCUT2D eigenvalue weighted by atomic mass is 16.5. The molecule has 0 bridgehead atoms. The van der Waals surface area contributed by atoms with Gasteiger partial charge in [0.1, 0.15) is 0 Å². The summed E-state index contributed by atoms with van der Waals surface area (Å²) in [6.07, 6.45) is 5.24. The maximum absolute atomic E-state index is 11.1. The molecule has 1 aromatic rings. The van der Waals surface area contributed by atoms with E-state index in [0.717, 1.165) is 32.1 Å². The van der Waals surface area contributed by atoms with Crippen LogP contribution in [0.5, 0.6) is 0 Å². The van der Waals surface area contributed by atoms with Crippen LogP contribution in [0.15, 0.2) is 18.2 Å². The van der Waals surface area contributed by atoms with Crippen molar-refractivity contribution in [1.82, 2.24) is 0 Å². The molecule has 0 aromatic heterocycles. The molecule has 0 heterocycles. The van der Waals surface area contributed by atoms with Gasteiger partial charge in [-0.3, -0.25) is 4.79 Å². The highest BCUT2D eigenvalue weighted by Crippen LogP contribution is 2.23. The summed E-state index contributed by atoms with van der Waals surface area (Å²) >= 11 is 0. The highest BCUT2D eigenvalue weighted by Gasteiger charge is 2.11. The third-order valence-corrected chi connectivity index (χ3v) is 3.77. The Bertz CT molecular complexity index is 429. The van der Waals surface area contributed by atoms with E-state index in [2.05, 4.69) is 36.8 Å². The van der Waals surface area contributed by atoms with E-state index in [4.69, 9.17) is 5.73 Å². The maximum atomic E-state index is 11.1. The van der Waals surface area contributed by atoms with Crippen molar-refractivity contribution in [3.05, 3.63) is 34.9 Å². The van der Waals surface area contributed by atoms with Gasteiger partial charge in [0.2, 0.25) is 0 Å². The first-order valence-electron chi connectivity index (χ1n) is 7.56. The van der Waals surface area contributed by atoms with Crippen LogP contribution in [-0.2, 0) is 22.4 Å². The highest BCUT2D eigenvalue weighted by molar-refractivity contribution is 5.68. The molecule has 1 aromatic carbocycles. The predicted octanol–water partition coefficient (Wildman–Crippen LogP) is 3.54. The molecule has 0 aliphatic heterocycles. The van der Waals surface area contributed by atoms with Gasteiger partial charge >= 0.3 is 5.97 Å². The molecule has 2 N–H and O–H groups in total. The molecule has 1 unspecified atom stereocenters. The third-order valence-electron chi connectivity index (χ3n) is 3.77. The predicted molar refractivity (Wildman–Crippen MR) is 82.6 cm³/mol. The van der Waals surface area contributed by atoms with Crippen molar-refractivity contribution in [2.24, 2.45) is 5.73 Å². The Morgan fingerprint density at radius 1 is 1.25 bits per heavy atom. The van der Waals surface area contributed by atoms with Crippen LogP contribution in [-0.4, -0.2) is 13.1 Å². The van der Waals surface area contributed by atoms with Crippen LogP contribution < -0.4 is 5.73 Å². The first-order valence-corrected chi connectivity index (χ1v) is 7.56. The number of ether oxygens (including phenoxy) is 1. The molecular weight excluding hydrogens is 250 g/mol. The lowest BCUT2D eigenvalue weighted by Gasteiger charge is -2.17. The average Bonchev–Trinajstić information content (AvgIpc) is 2.50. The second-order valence-electron chi connectivity index (χ2n) is 5.17. The Kier molecular flexibility index (Phi) is 7.31. The molecule has 0 aliphatic carbocycles. The topological polar surface area (TPSA) is 52.3 Å². The second-order valence-corrected chi connectivity index (χ2v) is 5.17. The molecule has 1 atom stereocenters. The standard InChI is InChI=1S/C17H27NO2/c1-4-13-10-11-14(5-2)15(12-13)16(18)8-6-7-9-17(19)20-3/h10-12,16H,4-9,18H2,1-3H3. The lowest BCUT2D eigenvalue weighted by atomic mass is 9.93. The van der Waals surface area contributed by atoms with Gasteiger partial charge in [-0.25, -0.2) is 0 Å². The number of carbonyl (C=O) groups excluding carboxylic acids is 1. The molecule has 3 nitrogen and oxygen atoms in total. The van der Waals surface area contributed by atoms with Gasteiger partial charge in [0.05, 0.1) is 7.11 Å². The SMILES string of the molecule is CCc1ccc(CC)c(C(N)CCCCC(=O)OC)c1. The minimum Gasteiger partial charge on any atom is -0.469 e. The number of benzene rings is 1. The molecule has 0 saturated carbocycles. The number of esters is 1. The van der Waals surface area contributed by atoms with Crippen molar-refractivity contribution in [2.45, 2.75) is 58.4 Å². The zero-order valence-corrected chi connectivity index (χ0v) is 12.9. The second kappa shape index (κ2) is 8.75. The molecule has 0 spiro atoms. The molecule has 0 amide bonds. The van der Waals surface area contributed by atoms with Gasteiger partial charge in [0.25, 0.3) is 0 Å². The van der Waals surface area contributed by atoms with Gasteiger partial charge < -0.3 is 10.5 Å². The van der Waals surface area contributed by atoms with Gasteiger partial charge in [-0.2, -0.15) is 0 Å². The van der Waals surface area contributed by atoms with Gasteiger partial charge in [0.15, 0.2) is 0 Å². The summed E-state index contributed by atoms with van der Waals surface area (Å²) in [6, 6.07) is 6.69. The van der Waals surface area contributed by atoms with Crippen LogP contribution in [0.2, 0.25) is 0 Å². The summed E-state index contributed by atoms with van der Waals surface area (Å²) in [5, 5.41) is 0. The average molecular weight is 277 g/mol. The number of aryl methyl sites for hydroxylation is 2. The number of hydrogen-bond donors (Lipinski definition) is 1. The molecule has 1 rings (SSSR count). The Hall–Kier alpha value is -1.35. The van der Waals surface area contributed by atoms with Crippen molar-refractivity contribution in [2.75, 3.05) is 7.11 Å². The molecule has 0 fully saturated rings. The van der Waals surface area contributed by atoms with E-state index in [1.165, 1.54) is 23.8 Å². The largest absolute Gasteiger partial charge is 0.469 e. The normalized spacial score (nSPS) is 12.2. The summed E-state index contributed by atoms with van der Waals surface area (Å²) < 4.78 is 4.64. The Balaban J connectivity index is 2.57. The van der Waals surface area contributed by atoms with Crippen molar-refractivity contribution < 1.29 is 9.53 Å². The Morgan fingerprint density at radius 3 is 2.60 bits per heavy atom. The molecule has 112 valence electrons. The van der Waals surface area contributed by atoms with E-state index in [9.17, 15) is 4.79 Å². The van der Waals surface area contributed by atoms with Crippen LogP contribution in [0.3, 0.4) is 0 Å². The van der Waals surface area contributed by atoms with Crippen molar-refractivity contribution in [3.63, 3.8) is 0 Å². The van der Waals surface area contributed by atoms with Gasteiger partial charge in [-0.1, -0.05) is 38.5 Å². The number of nitrogens with two attached hydrogens (primary N) is 1. The van der Waals surface area contributed by atoms with E-state index >= 15 is 0 Å². The number of methoxy groups -OCH3 is 1. The number of unbranched alkanes of at least 4 members (excludes halogenated alkanes) is 1. The van der Waals surface area contributed by atoms with Crippen LogP contribution >= 0.6 is 0 Å². The Labute approximate surface area is 122 Å². The van der Waals surface area contributed by atoms with Crippen molar-refractivity contribution >= 4 is 5.97 Å². The van der Waals surface area contributed by atoms with Gasteiger partial charge in [-0.05, 0) is 42.4 Å². The first kappa shape index (κ1) is 16.7. The van der Waals surface area contributed by atoms with Crippen LogP contribution in [0.4, 0.5) is 0 Å². The minimum absolute atomic E-state index is 0.0640. The van der Waals surface area contributed by atoms with Gasteiger partial charge in [-0.15, -0.1) is 0 Å². The van der Waals surface area contributed by atoms with E-state index in [-0.39, 0.29) is 12.0 Å². The Morgan fingerprint density at radius 2 is 2.00 bits per heavy atom. The van der Waals surface area contributed by atoms with E-state index in [0.29, 0.717) is 6.42 Å². The van der Waals surface area contributed by atoms with E-state index in [1.54, 1.807) is 0 Å². The number of hydrogen-bond acceptors (Lipinski definition) is 3. The molecule has 3 heteroatoms.